The van der Waals surface area contributed by atoms with Crippen LogP contribution in [0, 0.1) is 0 Å². The van der Waals surface area contributed by atoms with Gasteiger partial charge in [-0.1, -0.05) is 23.2 Å². The first kappa shape index (κ1) is 12.4. The van der Waals surface area contributed by atoms with Crippen molar-refractivity contribution in [2.75, 3.05) is 7.05 Å². The van der Waals surface area contributed by atoms with E-state index in [2.05, 4.69) is 10.4 Å². The molecule has 0 spiro atoms. The van der Waals surface area contributed by atoms with E-state index in [9.17, 15) is 0 Å². The fourth-order valence-electron chi connectivity index (χ4n) is 1.87. The molecule has 3 nitrogen and oxygen atoms in total. The van der Waals surface area contributed by atoms with E-state index < -0.39 is 0 Å². The van der Waals surface area contributed by atoms with Gasteiger partial charge in [-0.3, -0.25) is 4.68 Å². The molecule has 2 rings (SSSR count). The van der Waals surface area contributed by atoms with E-state index in [0.29, 0.717) is 10.0 Å². The summed E-state index contributed by atoms with van der Waals surface area (Å²) < 4.78 is 1.82. The van der Waals surface area contributed by atoms with Crippen LogP contribution in [0.3, 0.4) is 0 Å². The van der Waals surface area contributed by atoms with Crippen LogP contribution in [-0.4, -0.2) is 16.8 Å². The van der Waals surface area contributed by atoms with Gasteiger partial charge in [-0.2, -0.15) is 5.10 Å². The molecule has 1 N–H and O–H groups in total. The van der Waals surface area contributed by atoms with Gasteiger partial charge in [-0.15, -0.1) is 0 Å². The van der Waals surface area contributed by atoms with Crippen LogP contribution in [0.25, 0.3) is 0 Å². The SMILES string of the molecule is CNC(c1cc(Cl)ccc1Cl)c1ccnn1C. The Morgan fingerprint density at radius 3 is 2.65 bits per heavy atom. The third-order valence-electron chi connectivity index (χ3n) is 2.71. The molecular weight excluding hydrogens is 257 g/mol. The van der Waals surface area contributed by atoms with Crippen LogP contribution in [0.5, 0.6) is 0 Å². The maximum atomic E-state index is 6.21. The third kappa shape index (κ3) is 2.46. The molecule has 0 aliphatic heterocycles. The second-order valence-corrected chi connectivity index (χ2v) is 4.61. The Morgan fingerprint density at radius 2 is 2.06 bits per heavy atom. The molecule has 17 heavy (non-hydrogen) atoms. The topological polar surface area (TPSA) is 29.9 Å². The average Bonchev–Trinajstić information content (AvgIpc) is 2.71. The Balaban J connectivity index is 2.49. The second-order valence-electron chi connectivity index (χ2n) is 3.77. The molecule has 0 saturated carbocycles. The standard InChI is InChI=1S/C12H13Cl2N3/c1-15-12(11-5-6-16-17(11)2)9-7-8(13)3-4-10(9)14/h3-7,12,15H,1-2H3. The lowest BCUT2D eigenvalue weighted by atomic mass is 10.0. The van der Waals surface area contributed by atoms with E-state index in [0.717, 1.165) is 11.3 Å². The Hall–Kier alpha value is -1.03. The molecule has 0 bridgehead atoms. The van der Waals surface area contributed by atoms with Crippen molar-refractivity contribution in [1.29, 1.82) is 0 Å². The largest absolute Gasteiger partial charge is 0.308 e. The molecule has 1 atom stereocenters. The predicted octanol–water partition coefficient (Wildman–Crippen LogP) is 3.04. The maximum absolute atomic E-state index is 6.21. The molecule has 0 radical (unpaired) electrons. The van der Waals surface area contributed by atoms with E-state index in [1.165, 1.54) is 0 Å². The number of nitrogens with zero attached hydrogens (tertiary/aromatic N) is 2. The number of halogens is 2. The van der Waals surface area contributed by atoms with Crippen LogP contribution in [0.15, 0.2) is 30.5 Å². The highest BCUT2D eigenvalue weighted by atomic mass is 35.5. The molecule has 0 aliphatic rings. The summed E-state index contributed by atoms with van der Waals surface area (Å²) >= 11 is 12.2. The number of aromatic nitrogens is 2. The Morgan fingerprint density at radius 1 is 1.29 bits per heavy atom. The summed E-state index contributed by atoms with van der Waals surface area (Å²) in [4.78, 5) is 0. The summed E-state index contributed by atoms with van der Waals surface area (Å²) in [6.07, 6.45) is 1.76. The lowest BCUT2D eigenvalue weighted by Crippen LogP contribution is -2.21. The Kier molecular flexibility index (Phi) is 3.72. The number of aryl methyl sites for hydroxylation is 1. The van der Waals surface area contributed by atoms with Crippen molar-refractivity contribution in [2.24, 2.45) is 7.05 Å². The van der Waals surface area contributed by atoms with Crippen molar-refractivity contribution in [3.63, 3.8) is 0 Å². The smallest absolute Gasteiger partial charge is 0.0760 e. The quantitative estimate of drug-likeness (QED) is 0.929. The van der Waals surface area contributed by atoms with Crippen LogP contribution in [0.2, 0.25) is 10.0 Å². The predicted molar refractivity (Wildman–Crippen MR) is 70.6 cm³/mol. The molecule has 5 heteroatoms. The lowest BCUT2D eigenvalue weighted by Gasteiger charge is -2.18. The zero-order valence-corrected chi connectivity index (χ0v) is 11.1. The molecular formula is C12H13Cl2N3. The molecule has 1 aromatic heterocycles. The summed E-state index contributed by atoms with van der Waals surface area (Å²) in [5.74, 6) is 0. The summed E-state index contributed by atoms with van der Waals surface area (Å²) in [6, 6.07) is 7.40. The summed E-state index contributed by atoms with van der Waals surface area (Å²) in [5.41, 5.74) is 1.99. The highest BCUT2D eigenvalue weighted by molar-refractivity contribution is 6.33. The molecule has 90 valence electrons. The summed E-state index contributed by atoms with van der Waals surface area (Å²) in [6.45, 7) is 0. The lowest BCUT2D eigenvalue weighted by molar-refractivity contribution is 0.606. The van der Waals surface area contributed by atoms with Crippen LogP contribution in [-0.2, 0) is 7.05 Å². The molecule has 0 aliphatic carbocycles. The number of rotatable bonds is 3. The first-order chi connectivity index (χ1) is 8.13. The number of nitrogens with one attached hydrogen (secondary N) is 1. The van der Waals surface area contributed by atoms with E-state index in [1.54, 1.807) is 18.3 Å². The monoisotopic (exact) mass is 269 g/mol. The molecule has 0 fully saturated rings. The molecule has 1 aromatic carbocycles. The number of benzene rings is 1. The van der Waals surface area contributed by atoms with Crippen molar-refractivity contribution in [3.8, 4) is 0 Å². The highest BCUT2D eigenvalue weighted by Gasteiger charge is 2.18. The minimum Gasteiger partial charge on any atom is -0.308 e. The van der Waals surface area contributed by atoms with Crippen molar-refractivity contribution in [2.45, 2.75) is 6.04 Å². The normalized spacial score (nSPS) is 12.7. The van der Waals surface area contributed by atoms with Gasteiger partial charge in [0.15, 0.2) is 0 Å². The Labute approximate surface area is 110 Å². The van der Waals surface area contributed by atoms with Gasteiger partial charge < -0.3 is 5.32 Å². The minimum absolute atomic E-state index is 0.0197. The van der Waals surface area contributed by atoms with Gasteiger partial charge in [0.05, 0.1) is 11.7 Å². The molecule has 0 saturated heterocycles. The molecule has 1 heterocycles. The van der Waals surface area contributed by atoms with Gasteiger partial charge >= 0.3 is 0 Å². The zero-order chi connectivity index (χ0) is 12.4. The van der Waals surface area contributed by atoms with Crippen molar-refractivity contribution in [1.82, 2.24) is 15.1 Å². The first-order valence-electron chi connectivity index (χ1n) is 5.23. The fourth-order valence-corrected chi connectivity index (χ4v) is 2.27. The van der Waals surface area contributed by atoms with Crippen LogP contribution in [0.1, 0.15) is 17.3 Å². The fraction of sp³-hybridized carbons (Fsp3) is 0.250. The van der Waals surface area contributed by atoms with E-state index in [1.807, 2.05) is 30.9 Å². The van der Waals surface area contributed by atoms with Crippen molar-refractivity contribution < 1.29 is 0 Å². The molecule has 1 unspecified atom stereocenters. The third-order valence-corrected chi connectivity index (χ3v) is 3.29. The molecule has 0 amide bonds. The molecule has 2 aromatic rings. The van der Waals surface area contributed by atoms with Crippen molar-refractivity contribution in [3.05, 3.63) is 51.8 Å². The van der Waals surface area contributed by atoms with Gasteiger partial charge in [0, 0.05) is 23.3 Å². The first-order valence-corrected chi connectivity index (χ1v) is 5.99. The van der Waals surface area contributed by atoms with E-state index in [4.69, 9.17) is 23.2 Å². The van der Waals surface area contributed by atoms with Crippen LogP contribution in [0.4, 0.5) is 0 Å². The van der Waals surface area contributed by atoms with Crippen LogP contribution < -0.4 is 5.32 Å². The van der Waals surface area contributed by atoms with Crippen LogP contribution >= 0.6 is 23.2 Å². The van der Waals surface area contributed by atoms with Crippen molar-refractivity contribution >= 4 is 23.2 Å². The minimum atomic E-state index is -0.0197. The number of hydrogen-bond donors (Lipinski definition) is 1. The zero-order valence-electron chi connectivity index (χ0n) is 9.61. The average molecular weight is 270 g/mol. The van der Waals surface area contributed by atoms with Gasteiger partial charge in [0.2, 0.25) is 0 Å². The van der Waals surface area contributed by atoms with Gasteiger partial charge in [0.1, 0.15) is 0 Å². The highest BCUT2D eigenvalue weighted by Crippen LogP contribution is 2.30. The summed E-state index contributed by atoms with van der Waals surface area (Å²) in [7, 11) is 3.78. The Bertz CT molecular complexity index is 522. The van der Waals surface area contributed by atoms with Gasteiger partial charge in [-0.25, -0.2) is 0 Å². The summed E-state index contributed by atoms with van der Waals surface area (Å²) in [5, 5.41) is 8.75. The van der Waals surface area contributed by atoms with E-state index >= 15 is 0 Å². The maximum Gasteiger partial charge on any atom is 0.0760 e. The van der Waals surface area contributed by atoms with Gasteiger partial charge in [0.25, 0.3) is 0 Å². The van der Waals surface area contributed by atoms with E-state index in [-0.39, 0.29) is 6.04 Å². The van der Waals surface area contributed by atoms with Gasteiger partial charge in [-0.05, 0) is 36.9 Å². The second kappa shape index (κ2) is 5.08. The number of hydrogen-bond acceptors (Lipinski definition) is 2.